The molecule has 0 radical (unpaired) electrons. The van der Waals surface area contributed by atoms with E-state index in [0.717, 1.165) is 37.1 Å². The first-order valence-electron chi connectivity index (χ1n) is 7.60. The predicted octanol–water partition coefficient (Wildman–Crippen LogP) is 4.02. The highest BCUT2D eigenvalue weighted by Gasteiger charge is 2.24. The average Bonchev–Trinajstić information content (AvgIpc) is 3.38. The number of halogens is 3. The number of ether oxygens (including phenoxy) is 1. The Morgan fingerprint density at radius 3 is 2.48 bits per heavy atom. The van der Waals surface area contributed by atoms with Crippen molar-refractivity contribution in [1.29, 1.82) is 5.26 Å². The molecule has 2 aromatic carbocycles. The molecule has 0 aliphatic heterocycles. The number of nitrogens with one attached hydrogen (secondary N) is 1. The Hall–Kier alpha value is -3.01. The van der Waals surface area contributed by atoms with Crippen LogP contribution in [-0.4, -0.2) is 12.5 Å². The van der Waals surface area contributed by atoms with Gasteiger partial charge in [-0.25, -0.2) is 13.2 Å². The van der Waals surface area contributed by atoms with Crippen LogP contribution in [0.25, 0.3) is 0 Å². The summed E-state index contributed by atoms with van der Waals surface area (Å²) in [5.74, 6) is -3.43. The first-order chi connectivity index (χ1) is 12.0. The van der Waals surface area contributed by atoms with Gasteiger partial charge < -0.3 is 10.1 Å². The third kappa shape index (κ3) is 3.91. The van der Waals surface area contributed by atoms with E-state index in [1.807, 2.05) is 0 Å². The fraction of sp³-hybridized carbons (Fsp3) is 0.222. The number of carbonyl (C=O) groups is 1. The van der Waals surface area contributed by atoms with Crippen molar-refractivity contribution >= 4 is 11.6 Å². The number of nitrogens with zero attached hydrogens (tertiary/aromatic N) is 1. The Labute approximate surface area is 141 Å². The summed E-state index contributed by atoms with van der Waals surface area (Å²) < 4.78 is 46.8. The van der Waals surface area contributed by atoms with Crippen molar-refractivity contribution < 1.29 is 22.7 Å². The number of anilines is 1. The molecule has 2 aromatic rings. The van der Waals surface area contributed by atoms with Crippen LogP contribution in [0.5, 0.6) is 5.75 Å². The summed E-state index contributed by atoms with van der Waals surface area (Å²) >= 11 is 0. The van der Waals surface area contributed by atoms with Crippen LogP contribution in [-0.2, 0) is 0 Å². The topological polar surface area (TPSA) is 62.1 Å². The van der Waals surface area contributed by atoms with Crippen molar-refractivity contribution in [3.63, 3.8) is 0 Å². The van der Waals surface area contributed by atoms with Crippen LogP contribution < -0.4 is 10.1 Å². The second-order valence-corrected chi connectivity index (χ2v) is 5.78. The van der Waals surface area contributed by atoms with Gasteiger partial charge >= 0.3 is 0 Å². The van der Waals surface area contributed by atoms with E-state index in [4.69, 9.17) is 10.00 Å². The van der Waals surface area contributed by atoms with Gasteiger partial charge in [0, 0.05) is 6.07 Å². The second kappa shape index (κ2) is 6.85. The highest BCUT2D eigenvalue weighted by molar-refractivity contribution is 6.05. The third-order valence-corrected chi connectivity index (χ3v) is 3.76. The van der Waals surface area contributed by atoms with Crippen LogP contribution in [0.4, 0.5) is 18.9 Å². The average molecular weight is 346 g/mol. The normalized spacial score (nSPS) is 13.2. The smallest absolute Gasteiger partial charge is 0.261 e. The summed E-state index contributed by atoms with van der Waals surface area (Å²) in [7, 11) is 0. The van der Waals surface area contributed by atoms with Gasteiger partial charge in [-0.2, -0.15) is 5.26 Å². The third-order valence-electron chi connectivity index (χ3n) is 3.76. The van der Waals surface area contributed by atoms with Crippen molar-refractivity contribution in [2.45, 2.75) is 12.8 Å². The van der Waals surface area contributed by atoms with Crippen molar-refractivity contribution in [2.24, 2.45) is 5.92 Å². The summed E-state index contributed by atoms with van der Waals surface area (Å²) in [6, 6.07) is 6.60. The standard InChI is InChI=1S/C18H13F3N2O2/c19-12-3-4-15(16(7-12)25-9-10-1-2-10)23-18(24)17-13(20)5-11(8-22)6-14(17)21/h3-7,10H,1-2,9H2,(H,23,24). The predicted molar refractivity (Wildman–Crippen MR) is 83.6 cm³/mol. The van der Waals surface area contributed by atoms with Gasteiger partial charge in [-0.1, -0.05) is 0 Å². The highest BCUT2D eigenvalue weighted by atomic mass is 19.1. The molecule has 1 aliphatic carbocycles. The molecule has 25 heavy (non-hydrogen) atoms. The Balaban J connectivity index is 1.84. The van der Waals surface area contributed by atoms with Crippen molar-refractivity contribution in [3.8, 4) is 11.8 Å². The molecular formula is C18H13F3N2O2. The Kier molecular flexibility index (Phi) is 4.61. The molecule has 1 N–H and O–H groups in total. The lowest BCUT2D eigenvalue weighted by atomic mass is 10.1. The zero-order valence-electron chi connectivity index (χ0n) is 13.0. The van der Waals surface area contributed by atoms with E-state index in [9.17, 15) is 18.0 Å². The fourth-order valence-corrected chi connectivity index (χ4v) is 2.25. The number of hydrogen-bond acceptors (Lipinski definition) is 3. The lowest BCUT2D eigenvalue weighted by Gasteiger charge is -2.13. The molecule has 0 atom stereocenters. The zero-order chi connectivity index (χ0) is 18.0. The molecule has 0 aromatic heterocycles. The van der Waals surface area contributed by atoms with Gasteiger partial charge in [0.05, 0.1) is 23.9 Å². The quantitative estimate of drug-likeness (QED) is 0.889. The van der Waals surface area contributed by atoms with E-state index >= 15 is 0 Å². The first-order valence-corrected chi connectivity index (χ1v) is 7.60. The molecular weight excluding hydrogens is 333 g/mol. The number of carbonyl (C=O) groups excluding carboxylic acids is 1. The van der Waals surface area contributed by atoms with Crippen LogP contribution in [0.3, 0.4) is 0 Å². The summed E-state index contributed by atoms with van der Waals surface area (Å²) in [6.45, 7) is 0.381. The lowest BCUT2D eigenvalue weighted by molar-refractivity contribution is 0.101. The SMILES string of the molecule is N#Cc1cc(F)c(C(=O)Nc2ccc(F)cc2OCC2CC2)c(F)c1. The van der Waals surface area contributed by atoms with Gasteiger partial charge in [0.25, 0.3) is 5.91 Å². The molecule has 1 amide bonds. The molecule has 0 unspecified atom stereocenters. The van der Waals surface area contributed by atoms with Crippen molar-refractivity contribution in [2.75, 3.05) is 11.9 Å². The fourth-order valence-electron chi connectivity index (χ4n) is 2.25. The molecule has 3 rings (SSSR count). The van der Waals surface area contributed by atoms with Gasteiger partial charge in [-0.15, -0.1) is 0 Å². The van der Waals surface area contributed by atoms with E-state index in [1.165, 1.54) is 6.07 Å². The number of amides is 1. The molecule has 128 valence electrons. The Bertz CT molecular complexity index is 850. The second-order valence-electron chi connectivity index (χ2n) is 5.78. The molecule has 1 aliphatic rings. The van der Waals surface area contributed by atoms with Crippen LogP contribution in [0, 0.1) is 34.7 Å². The van der Waals surface area contributed by atoms with Crippen LogP contribution in [0.2, 0.25) is 0 Å². The van der Waals surface area contributed by atoms with Gasteiger partial charge in [-0.3, -0.25) is 4.79 Å². The summed E-state index contributed by atoms with van der Waals surface area (Å²) in [6.07, 6.45) is 2.05. The van der Waals surface area contributed by atoms with Crippen LogP contribution in [0.15, 0.2) is 30.3 Å². The van der Waals surface area contributed by atoms with Gasteiger partial charge in [0.2, 0.25) is 0 Å². The highest BCUT2D eigenvalue weighted by Crippen LogP contribution is 2.32. The van der Waals surface area contributed by atoms with E-state index in [-0.39, 0.29) is 17.0 Å². The van der Waals surface area contributed by atoms with E-state index in [1.54, 1.807) is 6.07 Å². The Morgan fingerprint density at radius 1 is 1.20 bits per heavy atom. The van der Waals surface area contributed by atoms with E-state index in [2.05, 4.69) is 5.32 Å². The summed E-state index contributed by atoms with van der Waals surface area (Å²) in [4.78, 5) is 12.2. The zero-order valence-corrected chi connectivity index (χ0v) is 13.0. The summed E-state index contributed by atoms with van der Waals surface area (Å²) in [5.41, 5.74) is -0.950. The minimum atomic E-state index is -1.16. The molecule has 7 heteroatoms. The number of rotatable bonds is 5. The minimum absolute atomic E-state index is 0.0923. The van der Waals surface area contributed by atoms with Crippen molar-refractivity contribution in [3.05, 3.63) is 58.9 Å². The maximum Gasteiger partial charge on any atom is 0.261 e. The Morgan fingerprint density at radius 2 is 1.88 bits per heavy atom. The molecule has 0 spiro atoms. The van der Waals surface area contributed by atoms with Gasteiger partial charge in [0.1, 0.15) is 28.8 Å². The van der Waals surface area contributed by atoms with Gasteiger partial charge in [-0.05, 0) is 43.0 Å². The molecule has 1 fully saturated rings. The molecule has 0 saturated heterocycles. The maximum absolute atomic E-state index is 13.9. The van der Waals surface area contributed by atoms with E-state index in [0.29, 0.717) is 12.5 Å². The summed E-state index contributed by atoms with van der Waals surface area (Å²) in [5, 5.41) is 11.0. The molecule has 1 saturated carbocycles. The molecule has 0 heterocycles. The molecule has 4 nitrogen and oxygen atoms in total. The van der Waals surface area contributed by atoms with Crippen LogP contribution in [0.1, 0.15) is 28.8 Å². The van der Waals surface area contributed by atoms with Gasteiger partial charge in [0.15, 0.2) is 0 Å². The largest absolute Gasteiger partial charge is 0.491 e. The minimum Gasteiger partial charge on any atom is -0.491 e. The number of hydrogen-bond donors (Lipinski definition) is 1. The molecule has 0 bridgehead atoms. The first kappa shape index (κ1) is 16.8. The van der Waals surface area contributed by atoms with Crippen molar-refractivity contribution in [1.82, 2.24) is 0 Å². The monoisotopic (exact) mass is 346 g/mol. The number of nitriles is 1. The van der Waals surface area contributed by atoms with E-state index < -0.39 is 28.9 Å². The lowest BCUT2D eigenvalue weighted by Crippen LogP contribution is -2.17. The number of benzene rings is 2. The van der Waals surface area contributed by atoms with Crippen LogP contribution >= 0.6 is 0 Å². The maximum atomic E-state index is 13.9.